The summed E-state index contributed by atoms with van der Waals surface area (Å²) in [7, 11) is -3.60. The lowest BCUT2D eigenvalue weighted by atomic mass is 10.1. The number of nitrogens with zero attached hydrogens (tertiary/aromatic N) is 2. The zero-order valence-electron chi connectivity index (χ0n) is 12.5. The second-order valence-electron chi connectivity index (χ2n) is 5.34. The first-order valence-corrected chi connectivity index (χ1v) is 8.69. The number of aliphatic hydroxyl groups is 1. The van der Waals surface area contributed by atoms with Crippen LogP contribution in [0.1, 0.15) is 30.7 Å². The Labute approximate surface area is 125 Å². The molecule has 1 aliphatic rings. The summed E-state index contributed by atoms with van der Waals surface area (Å²) < 4.78 is 34.8. The summed E-state index contributed by atoms with van der Waals surface area (Å²) in [5.41, 5.74) is 1.08. The van der Waals surface area contributed by atoms with Gasteiger partial charge in [0.2, 0.25) is 10.0 Å². The average Bonchev–Trinajstić information content (AvgIpc) is 2.72. The zero-order chi connectivity index (χ0) is 15.5. The molecule has 0 aromatic carbocycles. The predicted molar refractivity (Wildman–Crippen MR) is 77.6 cm³/mol. The molecule has 0 saturated carbocycles. The highest BCUT2D eigenvalue weighted by atomic mass is 32.2. The second-order valence-corrected chi connectivity index (χ2v) is 6.99. The molecule has 1 unspecified atom stereocenters. The molecule has 120 valence electrons. The van der Waals surface area contributed by atoms with Gasteiger partial charge in [0, 0.05) is 25.8 Å². The van der Waals surface area contributed by atoms with Crippen molar-refractivity contribution in [2.24, 2.45) is 0 Å². The van der Waals surface area contributed by atoms with Crippen LogP contribution in [0, 0.1) is 13.8 Å². The third-order valence-corrected chi connectivity index (χ3v) is 5.37. The molecule has 1 aromatic rings. The molecule has 0 amide bonds. The Morgan fingerprint density at radius 1 is 1.48 bits per heavy atom. The topological polar surface area (TPSA) is 93.5 Å². The van der Waals surface area contributed by atoms with Gasteiger partial charge in [-0.05, 0) is 33.1 Å². The van der Waals surface area contributed by atoms with E-state index in [0.29, 0.717) is 37.6 Å². The molecule has 1 atom stereocenters. The standard InChI is InChI=1S/C13H23N3O4S/c1-10-13(11(2)16(14-10)6-4-7-17)21(18,19)15-12-5-3-8-20-9-12/h12,15,17H,3-9H2,1-2H3. The average molecular weight is 317 g/mol. The molecular weight excluding hydrogens is 294 g/mol. The van der Waals surface area contributed by atoms with Gasteiger partial charge in [0.05, 0.1) is 18.0 Å². The molecule has 1 aromatic heterocycles. The van der Waals surface area contributed by atoms with Crippen molar-refractivity contribution in [3.05, 3.63) is 11.4 Å². The van der Waals surface area contributed by atoms with Crippen molar-refractivity contribution in [3.8, 4) is 0 Å². The highest BCUT2D eigenvalue weighted by molar-refractivity contribution is 7.89. The third-order valence-electron chi connectivity index (χ3n) is 3.59. The van der Waals surface area contributed by atoms with Crippen LogP contribution in [0.3, 0.4) is 0 Å². The number of aliphatic hydroxyl groups excluding tert-OH is 1. The minimum Gasteiger partial charge on any atom is -0.396 e. The van der Waals surface area contributed by atoms with Gasteiger partial charge < -0.3 is 9.84 Å². The fraction of sp³-hybridized carbons (Fsp3) is 0.769. The van der Waals surface area contributed by atoms with Crippen molar-refractivity contribution in [2.45, 2.75) is 50.6 Å². The van der Waals surface area contributed by atoms with Gasteiger partial charge in [-0.1, -0.05) is 0 Å². The molecule has 0 bridgehead atoms. The van der Waals surface area contributed by atoms with Gasteiger partial charge in [-0.15, -0.1) is 0 Å². The highest BCUT2D eigenvalue weighted by Gasteiger charge is 2.28. The molecular formula is C13H23N3O4S. The van der Waals surface area contributed by atoms with Crippen molar-refractivity contribution < 1.29 is 18.3 Å². The van der Waals surface area contributed by atoms with E-state index in [1.807, 2.05) is 0 Å². The molecule has 0 aliphatic carbocycles. The van der Waals surface area contributed by atoms with Crippen LogP contribution in [-0.4, -0.2) is 49.2 Å². The summed E-state index contributed by atoms with van der Waals surface area (Å²) in [6.07, 6.45) is 2.20. The van der Waals surface area contributed by atoms with Crippen molar-refractivity contribution in [3.63, 3.8) is 0 Å². The van der Waals surface area contributed by atoms with E-state index in [1.54, 1.807) is 18.5 Å². The van der Waals surface area contributed by atoms with Gasteiger partial charge >= 0.3 is 0 Å². The molecule has 1 saturated heterocycles. The summed E-state index contributed by atoms with van der Waals surface area (Å²) >= 11 is 0. The van der Waals surface area contributed by atoms with E-state index in [0.717, 1.165) is 12.8 Å². The SMILES string of the molecule is Cc1nn(CCCO)c(C)c1S(=O)(=O)NC1CCCOC1. The first kappa shape index (κ1) is 16.4. The lowest BCUT2D eigenvalue weighted by Gasteiger charge is -2.23. The van der Waals surface area contributed by atoms with Crippen molar-refractivity contribution in [1.82, 2.24) is 14.5 Å². The summed E-state index contributed by atoms with van der Waals surface area (Å²) in [6, 6.07) is -0.177. The van der Waals surface area contributed by atoms with Crippen LogP contribution < -0.4 is 4.72 Å². The lowest BCUT2D eigenvalue weighted by Crippen LogP contribution is -2.40. The van der Waals surface area contributed by atoms with Gasteiger partial charge in [-0.2, -0.15) is 5.10 Å². The van der Waals surface area contributed by atoms with Gasteiger partial charge in [0.1, 0.15) is 4.90 Å². The quantitative estimate of drug-likeness (QED) is 0.789. The largest absolute Gasteiger partial charge is 0.396 e. The molecule has 0 radical (unpaired) electrons. The van der Waals surface area contributed by atoms with Gasteiger partial charge in [-0.25, -0.2) is 13.1 Å². The maximum absolute atomic E-state index is 12.6. The van der Waals surface area contributed by atoms with Crippen LogP contribution in [0.5, 0.6) is 0 Å². The summed E-state index contributed by atoms with van der Waals surface area (Å²) in [6.45, 7) is 5.09. The number of ether oxygens (including phenoxy) is 1. The third kappa shape index (κ3) is 3.82. The van der Waals surface area contributed by atoms with Gasteiger partial charge in [-0.3, -0.25) is 4.68 Å². The number of nitrogens with one attached hydrogen (secondary N) is 1. The number of aromatic nitrogens is 2. The molecule has 8 heteroatoms. The van der Waals surface area contributed by atoms with Crippen molar-refractivity contribution in [1.29, 1.82) is 0 Å². The van der Waals surface area contributed by atoms with Crippen LogP contribution >= 0.6 is 0 Å². The number of sulfonamides is 1. The molecule has 2 rings (SSSR count). The molecule has 2 heterocycles. The van der Waals surface area contributed by atoms with Crippen LogP contribution in [0.15, 0.2) is 4.90 Å². The maximum Gasteiger partial charge on any atom is 0.244 e. The maximum atomic E-state index is 12.6. The second kappa shape index (κ2) is 6.87. The van der Waals surface area contributed by atoms with Crippen LogP contribution in [0.25, 0.3) is 0 Å². The van der Waals surface area contributed by atoms with E-state index in [4.69, 9.17) is 9.84 Å². The highest BCUT2D eigenvalue weighted by Crippen LogP contribution is 2.21. The normalized spacial score (nSPS) is 19.9. The van der Waals surface area contributed by atoms with Gasteiger partial charge in [0.15, 0.2) is 0 Å². The lowest BCUT2D eigenvalue weighted by molar-refractivity contribution is 0.0774. The molecule has 1 aliphatic heterocycles. The molecule has 1 fully saturated rings. The molecule has 0 spiro atoms. The fourth-order valence-electron chi connectivity index (χ4n) is 2.62. The van der Waals surface area contributed by atoms with E-state index in [1.165, 1.54) is 0 Å². The van der Waals surface area contributed by atoms with Crippen LogP contribution in [-0.2, 0) is 21.3 Å². The Kier molecular flexibility index (Phi) is 5.37. The van der Waals surface area contributed by atoms with Crippen LogP contribution in [0.4, 0.5) is 0 Å². The van der Waals surface area contributed by atoms with E-state index in [2.05, 4.69) is 9.82 Å². The summed E-state index contributed by atoms with van der Waals surface area (Å²) in [5, 5.41) is 13.1. The number of aryl methyl sites for hydroxylation is 2. The first-order chi connectivity index (χ1) is 9.95. The van der Waals surface area contributed by atoms with E-state index in [-0.39, 0.29) is 17.5 Å². The van der Waals surface area contributed by atoms with E-state index < -0.39 is 10.0 Å². The minimum absolute atomic E-state index is 0.0537. The summed E-state index contributed by atoms with van der Waals surface area (Å²) in [4.78, 5) is 0.242. The predicted octanol–water partition coefficient (Wildman–Crippen LogP) is 0.340. The Bertz CT molecular complexity index is 576. The molecule has 7 nitrogen and oxygen atoms in total. The number of rotatable bonds is 6. The summed E-state index contributed by atoms with van der Waals surface area (Å²) in [5.74, 6) is 0. The number of hydrogen-bond acceptors (Lipinski definition) is 5. The molecule has 2 N–H and O–H groups in total. The Hall–Kier alpha value is -0.960. The van der Waals surface area contributed by atoms with Crippen molar-refractivity contribution >= 4 is 10.0 Å². The van der Waals surface area contributed by atoms with Crippen LogP contribution in [0.2, 0.25) is 0 Å². The number of hydrogen-bond donors (Lipinski definition) is 2. The Morgan fingerprint density at radius 3 is 2.86 bits per heavy atom. The van der Waals surface area contributed by atoms with Gasteiger partial charge in [0.25, 0.3) is 0 Å². The minimum atomic E-state index is -3.60. The Balaban J connectivity index is 2.20. The fourth-order valence-corrected chi connectivity index (χ4v) is 4.29. The monoisotopic (exact) mass is 317 g/mol. The van der Waals surface area contributed by atoms with E-state index in [9.17, 15) is 8.42 Å². The smallest absolute Gasteiger partial charge is 0.244 e. The Morgan fingerprint density at radius 2 is 2.24 bits per heavy atom. The van der Waals surface area contributed by atoms with E-state index >= 15 is 0 Å². The molecule has 21 heavy (non-hydrogen) atoms. The zero-order valence-corrected chi connectivity index (χ0v) is 13.3. The van der Waals surface area contributed by atoms with Crippen molar-refractivity contribution in [2.75, 3.05) is 19.8 Å². The first-order valence-electron chi connectivity index (χ1n) is 7.20.